The van der Waals surface area contributed by atoms with Gasteiger partial charge in [0.25, 0.3) is 0 Å². The zero-order valence-corrected chi connectivity index (χ0v) is 15.2. The Morgan fingerprint density at radius 3 is 1.43 bits per heavy atom. The molecule has 1 heteroatoms. The number of hydrogen-bond donors (Lipinski definition) is 1. The molecule has 5 aromatic carbocycles. The highest BCUT2D eigenvalue weighted by molar-refractivity contribution is 6.33. The van der Waals surface area contributed by atoms with Crippen molar-refractivity contribution in [3.63, 3.8) is 0 Å². The molecule has 130 valence electrons. The predicted octanol–water partition coefficient (Wildman–Crippen LogP) is 5.55. The van der Waals surface area contributed by atoms with Crippen molar-refractivity contribution in [1.82, 2.24) is 0 Å². The summed E-state index contributed by atoms with van der Waals surface area (Å²) in [5.74, 6) is 0. The summed E-state index contributed by atoms with van der Waals surface area (Å²) < 4.78 is 0. The molecule has 0 aliphatic heterocycles. The molecule has 28 heavy (non-hydrogen) atoms. The molecule has 1 N–H and O–H groups in total. The minimum absolute atomic E-state index is 0.956. The molecular weight excluding hydrogens is 340 g/mol. The lowest BCUT2D eigenvalue weighted by Gasteiger charge is -2.27. The van der Waals surface area contributed by atoms with Gasteiger partial charge in [-0.3, -0.25) is 0 Å². The van der Waals surface area contributed by atoms with E-state index in [1.165, 1.54) is 54.6 Å². The maximum atomic E-state index is 12.2. The second kappa shape index (κ2) is 4.14. The van der Waals surface area contributed by atoms with Crippen LogP contribution in [0.5, 0.6) is 0 Å². The van der Waals surface area contributed by atoms with Gasteiger partial charge in [-0.2, -0.15) is 0 Å². The van der Waals surface area contributed by atoms with Crippen molar-refractivity contribution in [3.05, 3.63) is 106 Å². The van der Waals surface area contributed by atoms with Crippen LogP contribution in [0.2, 0.25) is 0 Å². The lowest BCUT2D eigenvalue weighted by Crippen LogP contribution is -2.26. The Balaban J connectivity index is 1.73. The molecule has 0 bridgehead atoms. The van der Waals surface area contributed by atoms with Crippen LogP contribution in [0.15, 0.2) is 66.7 Å². The zero-order chi connectivity index (χ0) is 18.2. The van der Waals surface area contributed by atoms with Crippen molar-refractivity contribution in [2.45, 2.75) is 18.4 Å². The lowest BCUT2D eigenvalue weighted by molar-refractivity contribution is 0.131. The Hall–Kier alpha value is -3.16. The fourth-order valence-electron chi connectivity index (χ4n) is 6.38. The standard InChI is InChI=1S/C27H16O/c28-27(18-4-2-1-3-5-18)19-10-8-16-12-14-6-7-15-13-17-9-11-20(27)26-24(17)22(15)21(14)23(16)25(19)26/h1-11,28H,12-13H2. The Bertz CT molecular complexity index is 1460. The molecule has 0 aromatic heterocycles. The Morgan fingerprint density at radius 2 is 0.929 bits per heavy atom. The number of aliphatic hydroxyl groups is 1. The molecule has 0 saturated heterocycles. The fraction of sp³-hybridized carbons (Fsp3) is 0.111. The summed E-state index contributed by atoms with van der Waals surface area (Å²) in [5.41, 5.74) is 7.69. The third-order valence-electron chi connectivity index (χ3n) is 7.44. The van der Waals surface area contributed by atoms with Crippen LogP contribution in [0, 0.1) is 0 Å². The highest BCUT2D eigenvalue weighted by Gasteiger charge is 2.44. The van der Waals surface area contributed by atoms with Crippen molar-refractivity contribution < 1.29 is 5.11 Å². The van der Waals surface area contributed by atoms with E-state index in [1.807, 2.05) is 18.2 Å². The molecule has 5 aromatic rings. The van der Waals surface area contributed by atoms with Crippen LogP contribution in [0.4, 0.5) is 0 Å². The van der Waals surface area contributed by atoms with E-state index < -0.39 is 5.60 Å². The van der Waals surface area contributed by atoms with E-state index in [4.69, 9.17) is 0 Å². The van der Waals surface area contributed by atoms with E-state index >= 15 is 0 Å². The molecule has 0 spiro atoms. The van der Waals surface area contributed by atoms with Gasteiger partial charge < -0.3 is 5.11 Å². The van der Waals surface area contributed by atoms with E-state index in [-0.39, 0.29) is 0 Å². The van der Waals surface area contributed by atoms with Crippen LogP contribution in [-0.4, -0.2) is 5.11 Å². The monoisotopic (exact) mass is 356 g/mol. The van der Waals surface area contributed by atoms with Crippen LogP contribution in [0.3, 0.4) is 0 Å². The molecule has 8 rings (SSSR count). The van der Waals surface area contributed by atoms with Gasteiger partial charge in [0, 0.05) is 11.1 Å². The highest BCUT2D eigenvalue weighted by Crippen LogP contribution is 2.58. The molecule has 0 saturated carbocycles. The van der Waals surface area contributed by atoms with Crippen molar-refractivity contribution in [3.8, 4) is 0 Å². The van der Waals surface area contributed by atoms with Crippen molar-refractivity contribution in [1.29, 1.82) is 0 Å². The SMILES string of the molecule is OC1(c2ccccc2)c2ccc3c4c5c(ccc6c5c5c(ccc1c5c24)C6)C3. The topological polar surface area (TPSA) is 20.2 Å². The maximum Gasteiger partial charge on any atom is 0.141 e. The molecule has 3 aliphatic carbocycles. The highest BCUT2D eigenvalue weighted by atomic mass is 16.3. The summed E-state index contributed by atoms with van der Waals surface area (Å²) in [5, 5.41) is 20.5. The first-order valence-electron chi connectivity index (χ1n) is 10.0. The lowest BCUT2D eigenvalue weighted by atomic mass is 9.83. The third kappa shape index (κ3) is 1.24. The van der Waals surface area contributed by atoms with Gasteiger partial charge in [-0.15, -0.1) is 0 Å². The van der Waals surface area contributed by atoms with Crippen molar-refractivity contribution in [2.75, 3.05) is 0 Å². The van der Waals surface area contributed by atoms with E-state index in [0.717, 1.165) is 29.5 Å². The van der Waals surface area contributed by atoms with Crippen LogP contribution in [-0.2, 0) is 18.4 Å². The average molecular weight is 356 g/mol. The summed E-state index contributed by atoms with van der Waals surface area (Å²) >= 11 is 0. The van der Waals surface area contributed by atoms with Gasteiger partial charge in [0.1, 0.15) is 5.60 Å². The second-order valence-electron chi connectivity index (χ2n) is 8.61. The molecule has 0 fully saturated rings. The van der Waals surface area contributed by atoms with Gasteiger partial charge in [0.2, 0.25) is 0 Å². The summed E-state index contributed by atoms with van der Waals surface area (Å²) in [6.45, 7) is 0. The molecule has 0 atom stereocenters. The average Bonchev–Trinajstić information content (AvgIpc) is 3.37. The molecular formula is C27H16O. The number of hydrogen-bond acceptors (Lipinski definition) is 1. The molecule has 0 radical (unpaired) electrons. The third-order valence-corrected chi connectivity index (χ3v) is 7.44. The minimum Gasteiger partial charge on any atom is -0.376 e. The van der Waals surface area contributed by atoms with E-state index in [2.05, 4.69) is 48.5 Å². The summed E-state index contributed by atoms with van der Waals surface area (Å²) in [6.07, 6.45) is 2.02. The Kier molecular flexibility index (Phi) is 2.06. The van der Waals surface area contributed by atoms with E-state index in [1.54, 1.807) is 0 Å². The smallest absolute Gasteiger partial charge is 0.141 e. The Labute approximate surface area is 161 Å². The largest absolute Gasteiger partial charge is 0.376 e. The van der Waals surface area contributed by atoms with Crippen LogP contribution >= 0.6 is 0 Å². The number of rotatable bonds is 1. The van der Waals surface area contributed by atoms with Gasteiger partial charge in [-0.25, -0.2) is 0 Å². The first-order chi connectivity index (χ1) is 13.8. The van der Waals surface area contributed by atoms with Gasteiger partial charge in [-0.1, -0.05) is 66.7 Å². The second-order valence-corrected chi connectivity index (χ2v) is 8.61. The van der Waals surface area contributed by atoms with E-state index in [0.29, 0.717) is 0 Å². The molecule has 1 nitrogen and oxygen atoms in total. The van der Waals surface area contributed by atoms with Crippen LogP contribution in [0.1, 0.15) is 38.9 Å². The van der Waals surface area contributed by atoms with Crippen LogP contribution in [0.25, 0.3) is 32.3 Å². The van der Waals surface area contributed by atoms with E-state index in [9.17, 15) is 5.11 Å². The summed E-state index contributed by atoms with van der Waals surface area (Å²) in [4.78, 5) is 0. The van der Waals surface area contributed by atoms with Gasteiger partial charge in [-0.05, 0) is 73.0 Å². The zero-order valence-electron chi connectivity index (χ0n) is 15.2. The Morgan fingerprint density at radius 1 is 0.500 bits per heavy atom. The maximum absolute atomic E-state index is 12.2. The van der Waals surface area contributed by atoms with Crippen molar-refractivity contribution in [2.24, 2.45) is 0 Å². The first-order valence-corrected chi connectivity index (χ1v) is 10.0. The summed E-state index contributed by atoms with van der Waals surface area (Å²) in [6, 6.07) is 23.7. The molecule has 3 aliphatic rings. The molecule has 0 unspecified atom stereocenters. The first kappa shape index (κ1) is 13.9. The van der Waals surface area contributed by atoms with Crippen molar-refractivity contribution >= 4 is 32.3 Å². The van der Waals surface area contributed by atoms with Gasteiger partial charge >= 0.3 is 0 Å². The molecule has 0 amide bonds. The molecule has 0 heterocycles. The quantitative estimate of drug-likeness (QED) is 0.382. The van der Waals surface area contributed by atoms with Gasteiger partial charge in [0.15, 0.2) is 0 Å². The predicted molar refractivity (Wildman–Crippen MR) is 113 cm³/mol. The van der Waals surface area contributed by atoms with Gasteiger partial charge in [0.05, 0.1) is 0 Å². The fourth-order valence-corrected chi connectivity index (χ4v) is 6.38. The normalized spacial score (nSPS) is 16.8. The summed E-state index contributed by atoms with van der Waals surface area (Å²) in [7, 11) is 0. The van der Waals surface area contributed by atoms with Crippen LogP contribution < -0.4 is 0 Å². The minimum atomic E-state index is -1.08. The number of benzene rings is 5.